The number of benzene rings is 1. The topological polar surface area (TPSA) is 163 Å². The highest BCUT2D eigenvalue weighted by molar-refractivity contribution is 7.91. The van der Waals surface area contributed by atoms with Gasteiger partial charge in [0.2, 0.25) is 0 Å². The number of carbonyl (C=O) groups excluding carboxylic acids is 1. The second kappa shape index (κ2) is 8.60. The average molecular weight is 554 g/mol. The number of sulfone groups is 1. The molecule has 0 spiro atoms. The Morgan fingerprint density at radius 1 is 1.23 bits per heavy atom. The van der Waals surface area contributed by atoms with Crippen LogP contribution in [0.1, 0.15) is 56.7 Å². The minimum absolute atomic E-state index is 0.0432. The van der Waals surface area contributed by atoms with Gasteiger partial charge >= 0.3 is 11.7 Å². The summed E-state index contributed by atoms with van der Waals surface area (Å²) in [6.07, 6.45) is 6.80. The van der Waals surface area contributed by atoms with E-state index in [0.29, 0.717) is 46.7 Å². The molecule has 6 rings (SSSR count). The summed E-state index contributed by atoms with van der Waals surface area (Å²) in [7, 11) is -3.78. The summed E-state index contributed by atoms with van der Waals surface area (Å²) in [4.78, 5) is 19.6. The van der Waals surface area contributed by atoms with Gasteiger partial charge in [-0.25, -0.2) is 27.8 Å². The van der Waals surface area contributed by atoms with E-state index in [1.54, 1.807) is 26.0 Å². The Hall–Kier alpha value is -3.80. The fraction of sp³-hybridized carbons (Fsp3) is 0.423. The third-order valence-corrected chi connectivity index (χ3v) is 9.12. The van der Waals surface area contributed by atoms with Crippen molar-refractivity contribution in [3.63, 3.8) is 0 Å². The van der Waals surface area contributed by atoms with E-state index < -0.39 is 21.2 Å². The van der Waals surface area contributed by atoms with Gasteiger partial charge in [0, 0.05) is 40.9 Å². The molecule has 0 saturated carbocycles. The number of hydrogen-bond donors (Lipinski definition) is 3. The molecule has 11 nitrogen and oxygen atoms in total. The van der Waals surface area contributed by atoms with E-state index in [1.807, 2.05) is 4.90 Å². The maximum Gasteiger partial charge on any atom is 0.381 e. The molecule has 0 aliphatic carbocycles. The minimum atomic E-state index is -3.78. The van der Waals surface area contributed by atoms with Crippen LogP contribution in [0.4, 0.5) is 10.2 Å². The minimum Gasteiger partial charge on any atom is -0.382 e. The molecule has 13 heteroatoms. The first-order valence-corrected chi connectivity index (χ1v) is 14.7. The Kier molecular flexibility index (Phi) is 5.62. The van der Waals surface area contributed by atoms with E-state index in [4.69, 9.17) is 16.5 Å². The van der Waals surface area contributed by atoms with Crippen molar-refractivity contribution in [1.29, 1.82) is 0 Å². The highest BCUT2D eigenvalue weighted by atomic mass is 32.2. The van der Waals surface area contributed by atoms with Gasteiger partial charge in [-0.15, -0.1) is 0 Å². The van der Waals surface area contributed by atoms with Crippen LogP contribution in [0.3, 0.4) is 0 Å². The SMILES string of the molecule is CC(C)(N)c1ccc(-c2cnn3c(N)c(S(C)(=O)=O)c(C4CC5CCC(C4)N5C(=O)C4=[N+]=CN4)nc23)cc1F. The number of piperidine rings is 1. The number of halogens is 1. The van der Waals surface area contributed by atoms with Gasteiger partial charge in [0.05, 0.1) is 11.9 Å². The zero-order valence-corrected chi connectivity index (χ0v) is 22.7. The summed E-state index contributed by atoms with van der Waals surface area (Å²) >= 11 is 0. The third kappa shape index (κ3) is 4.08. The van der Waals surface area contributed by atoms with Crippen molar-refractivity contribution in [3.05, 3.63) is 41.5 Å². The maximum absolute atomic E-state index is 15.0. The monoisotopic (exact) mass is 553 g/mol. The number of amides is 1. The molecule has 0 radical (unpaired) electrons. The maximum atomic E-state index is 15.0. The van der Waals surface area contributed by atoms with Crippen molar-refractivity contribution < 1.29 is 17.6 Å². The molecule has 2 saturated heterocycles. The van der Waals surface area contributed by atoms with Crippen LogP contribution in [0.25, 0.3) is 16.8 Å². The zero-order chi connectivity index (χ0) is 27.9. The van der Waals surface area contributed by atoms with Crippen LogP contribution in [0.15, 0.2) is 29.3 Å². The number of nitrogens with one attached hydrogen (secondary N) is 1. The van der Waals surface area contributed by atoms with Gasteiger partial charge in [-0.1, -0.05) is 12.1 Å². The lowest BCUT2D eigenvalue weighted by molar-refractivity contribution is -0.128. The summed E-state index contributed by atoms with van der Waals surface area (Å²) < 4.78 is 46.3. The largest absolute Gasteiger partial charge is 0.382 e. The molecule has 3 aromatic rings. The lowest BCUT2D eigenvalue weighted by Gasteiger charge is -2.38. The number of hydrogen-bond acceptors (Lipinski definition) is 8. The van der Waals surface area contributed by atoms with E-state index in [-0.39, 0.29) is 34.6 Å². The van der Waals surface area contributed by atoms with Gasteiger partial charge < -0.3 is 16.4 Å². The first-order chi connectivity index (χ1) is 18.3. The molecular formula is C26H30FN8O3S+. The molecule has 5 heterocycles. The van der Waals surface area contributed by atoms with Gasteiger partial charge in [-0.3, -0.25) is 4.79 Å². The standard InChI is InChI=1S/C26H29FN8O3S/c1-26(2,29)18-7-4-13(10-19(18)27)17-11-32-35-22(28)21(39(3,37)38)20(33-24(17)35)14-8-15-5-6-16(9-14)34(15)25(36)23-30-12-31-23/h4,7,10-12,14-16H,5-6,8-9,29H2,1-3H3,(H2,28,32,33)/p+1. The zero-order valence-electron chi connectivity index (χ0n) is 21.8. The number of nitrogens with zero attached hydrogens (tertiary/aromatic N) is 5. The molecule has 2 unspecified atom stereocenters. The number of amidine groups is 1. The number of fused-ring (bicyclic) bond motifs is 3. The van der Waals surface area contributed by atoms with Crippen molar-refractivity contribution >= 4 is 39.4 Å². The first kappa shape index (κ1) is 25.5. The highest BCUT2D eigenvalue weighted by Crippen LogP contribution is 2.45. The van der Waals surface area contributed by atoms with E-state index >= 15 is 4.39 Å². The predicted molar refractivity (Wildman–Crippen MR) is 145 cm³/mol. The number of aromatic nitrogens is 3. The van der Waals surface area contributed by atoms with Gasteiger partial charge in [0.25, 0.3) is 6.34 Å². The van der Waals surface area contributed by atoms with Crippen molar-refractivity contribution in [2.45, 2.75) is 68.0 Å². The molecule has 2 atom stereocenters. The van der Waals surface area contributed by atoms with Crippen LogP contribution in [0, 0.1) is 5.82 Å². The molecule has 2 bridgehead atoms. The first-order valence-electron chi connectivity index (χ1n) is 12.8. The summed E-state index contributed by atoms with van der Waals surface area (Å²) in [5.41, 5.74) is 13.8. The van der Waals surface area contributed by atoms with Gasteiger partial charge in [0.15, 0.2) is 15.5 Å². The molecule has 2 aromatic heterocycles. The fourth-order valence-corrected chi connectivity index (χ4v) is 7.24. The molecule has 5 N–H and O–H groups in total. The second-order valence-corrected chi connectivity index (χ2v) is 13.2. The Morgan fingerprint density at radius 2 is 1.90 bits per heavy atom. The smallest absolute Gasteiger partial charge is 0.381 e. The summed E-state index contributed by atoms with van der Waals surface area (Å²) in [5, 5.41) is 7.14. The number of anilines is 1. The molecule has 39 heavy (non-hydrogen) atoms. The Balaban J connectivity index is 1.45. The second-order valence-electron chi connectivity index (χ2n) is 11.2. The number of nitrogens with two attached hydrogens (primary N) is 2. The Bertz CT molecular complexity index is 1700. The number of nitrogen functional groups attached to an aromatic ring is 1. The average Bonchev–Trinajstić information content (AvgIpc) is 3.34. The van der Waals surface area contributed by atoms with Crippen molar-refractivity contribution in [2.24, 2.45) is 5.73 Å². The summed E-state index contributed by atoms with van der Waals surface area (Å²) in [6.45, 7) is 3.45. The van der Waals surface area contributed by atoms with E-state index in [2.05, 4.69) is 15.1 Å². The van der Waals surface area contributed by atoms with Crippen LogP contribution < -0.4 is 21.5 Å². The van der Waals surface area contributed by atoms with Crippen LogP contribution in [-0.4, -0.2) is 64.3 Å². The molecule has 1 amide bonds. The van der Waals surface area contributed by atoms with Crippen molar-refractivity contribution in [3.8, 4) is 11.1 Å². The molecule has 3 aliphatic heterocycles. The normalized spacial score (nSPS) is 22.5. The fourth-order valence-electron chi connectivity index (χ4n) is 6.18. The van der Waals surface area contributed by atoms with Crippen molar-refractivity contribution in [2.75, 3.05) is 12.0 Å². The lowest BCUT2D eigenvalue weighted by Crippen LogP contribution is -2.54. The van der Waals surface area contributed by atoms with Crippen LogP contribution in [-0.2, 0) is 20.2 Å². The van der Waals surface area contributed by atoms with Crippen LogP contribution in [0.5, 0.6) is 0 Å². The van der Waals surface area contributed by atoms with Crippen molar-refractivity contribution in [1.82, 2.24) is 29.5 Å². The van der Waals surface area contributed by atoms with E-state index in [1.165, 1.54) is 23.1 Å². The molecule has 204 valence electrons. The quantitative estimate of drug-likeness (QED) is 0.395. The van der Waals surface area contributed by atoms with Gasteiger partial charge in [-0.2, -0.15) is 9.61 Å². The number of carbonyl (C=O) groups is 1. The molecule has 2 fully saturated rings. The number of rotatable bonds is 5. The molecule has 3 aliphatic rings. The van der Waals surface area contributed by atoms with Gasteiger partial charge in [0.1, 0.15) is 16.5 Å². The molecule has 1 aromatic carbocycles. The van der Waals surface area contributed by atoms with Crippen LogP contribution in [0.2, 0.25) is 0 Å². The third-order valence-electron chi connectivity index (χ3n) is 7.96. The van der Waals surface area contributed by atoms with E-state index in [0.717, 1.165) is 19.1 Å². The van der Waals surface area contributed by atoms with Crippen LogP contribution >= 0.6 is 0 Å². The summed E-state index contributed by atoms with van der Waals surface area (Å²) in [5.74, 6) is -0.563. The van der Waals surface area contributed by atoms with Gasteiger partial charge in [-0.05, 0) is 51.2 Å². The Labute approximate surface area is 224 Å². The lowest BCUT2D eigenvalue weighted by atomic mass is 9.87. The van der Waals surface area contributed by atoms with E-state index in [9.17, 15) is 13.2 Å². The Morgan fingerprint density at radius 3 is 2.44 bits per heavy atom. The molecular weight excluding hydrogens is 523 g/mol. The predicted octanol–water partition coefficient (Wildman–Crippen LogP) is 1.05. The summed E-state index contributed by atoms with van der Waals surface area (Å²) in [6, 6.07) is 4.62. The highest BCUT2D eigenvalue weighted by Gasteiger charge is 2.48.